The molecule has 2 rings (SSSR count). The molecule has 5 nitrogen and oxygen atoms in total. The lowest BCUT2D eigenvalue weighted by Gasteiger charge is -2.23. The predicted molar refractivity (Wildman–Crippen MR) is 98.8 cm³/mol. The van der Waals surface area contributed by atoms with Crippen LogP contribution in [0.2, 0.25) is 10.0 Å². The summed E-state index contributed by atoms with van der Waals surface area (Å²) in [6.45, 7) is 0.677. The van der Waals surface area contributed by atoms with Crippen LogP contribution in [0.15, 0.2) is 42.5 Å². The smallest absolute Gasteiger partial charge is 0.322 e. The summed E-state index contributed by atoms with van der Waals surface area (Å²) in [5.41, 5.74) is 1.82. The van der Waals surface area contributed by atoms with E-state index in [1.807, 2.05) is 6.07 Å². The van der Waals surface area contributed by atoms with E-state index in [2.05, 4.69) is 5.32 Å². The van der Waals surface area contributed by atoms with Gasteiger partial charge in [0.2, 0.25) is 0 Å². The maximum Gasteiger partial charge on any atom is 0.322 e. The molecule has 0 aliphatic heterocycles. The number of carbonyl (C=O) groups is 1. The number of aliphatic hydroxyl groups excluding tert-OH is 1. The number of urea groups is 1. The minimum atomic E-state index is -0.324. The number of carbonyl (C=O) groups excluding carboxylic acids is 1. The van der Waals surface area contributed by atoms with E-state index >= 15 is 0 Å². The van der Waals surface area contributed by atoms with Crippen LogP contribution in [-0.2, 0) is 6.54 Å². The molecular weight excluding hydrogens is 361 g/mol. The fraction of sp³-hybridized carbons (Fsp3) is 0.222. The zero-order chi connectivity index (χ0) is 18.2. The first-order valence-corrected chi connectivity index (χ1v) is 8.40. The molecule has 0 saturated heterocycles. The van der Waals surface area contributed by atoms with E-state index in [4.69, 9.17) is 33.6 Å². The maximum atomic E-state index is 12.6. The Balaban J connectivity index is 2.13. The number of hydrogen-bond donors (Lipinski definition) is 2. The highest BCUT2D eigenvalue weighted by molar-refractivity contribution is 6.42. The molecule has 0 bridgehead atoms. The van der Waals surface area contributed by atoms with Gasteiger partial charge in [-0.25, -0.2) is 4.79 Å². The number of benzene rings is 2. The minimum absolute atomic E-state index is 0.0188. The molecule has 0 aromatic heterocycles. The normalized spacial score (nSPS) is 10.2. The van der Waals surface area contributed by atoms with Gasteiger partial charge in [0.15, 0.2) is 0 Å². The summed E-state index contributed by atoms with van der Waals surface area (Å²) in [4.78, 5) is 14.1. The Morgan fingerprint density at radius 3 is 2.68 bits per heavy atom. The third-order valence-electron chi connectivity index (χ3n) is 3.47. The van der Waals surface area contributed by atoms with Gasteiger partial charge in [0.1, 0.15) is 0 Å². The van der Waals surface area contributed by atoms with E-state index in [9.17, 15) is 4.79 Å². The minimum Gasteiger partial charge on any atom is -0.396 e. The van der Waals surface area contributed by atoms with Gasteiger partial charge in [-0.2, -0.15) is 5.26 Å². The van der Waals surface area contributed by atoms with Crippen LogP contribution >= 0.6 is 23.2 Å². The zero-order valence-electron chi connectivity index (χ0n) is 13.4. The first-order chi connectivity index (χ1) is 12.0. The molecule has 0 fully saturated rings. The number of anilines is 1. The second kappa shape index (κ2) is 9.28. The molecule has 7 heteroatoms. The van der Waals surface area contributed by atoms with Gasteiger partial charge >= 0.3 is 6.03 Å². The molecular formula is C18H17Cl2N3O2. The van der Waals surface area contributed by atoms with Crippen molar-refractivity contribution in [1.82, 2.24) is 4.90 Å². The van der Waals surface area contributed by atoms with E-state index in [1.54, 1.807) is 47.4 Å². The fourth-order valence-corrected chi connectivity index (χ4v) is 2.56. The number of nitrogens with one attached hydrogen (secondary N) is 1. The standard InChI is InChI=1S/C18H17Cl2N3O2/c19-16-6-5-14(10-17(16)20)12-23(7-2-8-24)18(25)22-15-4-1-3-13(9-15)11-21/h1,3-6,9-10,24H,2,7-8,12H2,(H,22,25). The Hall–Kier alpha value is -2.26. The third kappa shape index (κ3) is 5.64. The van der Waals surface area contributed by atoms with Crippen molar-refractivity contribution in [2.24, 2.45) is 0 Å². The van der Waals surface area contributed by atoms with Gasteiger partial charge in [-0.15, -0.1) is 0 Å². The van der Waals surface area contributed by atoms with Crippen molar-refractivity contribution < 1.29 is 9.90 Å². The molecule has 0 unspecified atom stereocenters. The average Bonchev–Trinajstić information content (AvgIpc) is 2.61. The summed E-state index contributed by atoms with van der Waals surface area (Å²) in [6, 6.07) is 13.6. The van der Waals surface area contributed by atoms with Crippen LogP contribution in [-0.4, -0.2) is 29.2 Å². The van der Waals surface area contributed by atoms with Crippen LogP contribution in [0, 0.1) is 11.3 Å². The predicted octanol–water partition coefficient (Wildman–Crippen LogP) is 4.28. The summed E-state index contributed by atoms with van der Waals surface area (Å²) in [5, 5.41) is 21.6. The molecule has 0 saturated carbocycles. The van der Waals surface area contributed by atoms with Crippen LogP contribution in [0.4, 0.5) is 10.5 Å². The van der Waals surface area contributed by atoms with Crippen LogP contribution in [0.3, 0.4) is 0 Å². The highest BCUT2D eigenvalue weighted by atomic mass is 35.5. The van der Waals surface area contributed by atoms with E-state index in [0.29, 0.717) is 40.8 Å². The lowest BCUT2D eigenvalue weighted by Crippen LogP contribution is -2.35. The van der Waals surface area contributed by atoms with E-state index in [1.165, 1.54) is 0 Å². The van der Waals surface area contributed by atoms with Gasteiger partial charge in [-0.05, 0) is 42.3 Å². The number of nitrogens with zero attached hydrogens (tertiary/aromatic N) is 2. The molecule has 0 aliphatic rings. The Labute approximate surface area is 156 Å². The van der Waals surface area contributed by atoms with E-state index < -0.39 is 0 Å². The van der Waals surface area contributed by atoms with Crippen LogP contribution in [0.5, 0.6) is 0 Å². The molecule has 0 atom stereocenters. The molecule has 0 spiro atoms. The van der Waals surface area contributed by atoms with Gasteiger partial charge in [0.25, 0.3) is 0 Å². The Bertz CT molecular complexity index is 790. The summed E-state index contributed by atoms with van der Waals surface area (Å²) < 4.78 is 0. The molecule has 0 radical (unpaired) electrons. The van der Waals surface area contributed by atoms with Crippen LogP contribution < -0.4 is 5.32 Å². The lowest BCUT2D eigenvalue weighted by atomic mass is 10.2. The maximum absolute atomic E-state index is 12.6. The van der Waals surface area contributed by atoms with Crippen molar-refractivity contribution in [3.63, 3.8) is 0 Å². The molecule has 2 aromatic carbocycles. The highest BCUT2D eigenvalue weighted by Crippen LogP contribution is 2.23. The number of amides is 2. The van der Waals surface area contributed by atoms with Gasteiger partial charge in [-0.1, -0.05) is 35.3 Å². The van der Waals surface area contributed by atoms with Crippen molar-refractivity contribution in [1.29, 1.82) is 5.26 Å². The molecule has 2 N–H and O–H groups in total. The highest BCUT2D eigenvalue weighted by Gasteiger charge is 2.15. The van der Waals surface area contributed by atoms with Crippen molar-refractivity contribution >= 4 is 34.9 Å². The number of rotatable bonds is 6. The lowest BCUT2D eigenvalue weighted by molar-refractivity contribution is 0.199. The Kier molecular flexibility index (Phi) is 7.08. The number of aliphatic hydroxyl groups is 1. The SMILES string of the molecule is N#Cc1cccc(NC(=O)N(CCCO)Cc2ccc(Cl)c(Cl)c2)c1. The van der Waals surface area contributed by atoms with Gasteiger partial charge in [0, 0.05) is 25.4 Å². The summed E-state index contributed by atoms with van der Waals surface area (Å²) in [6.07, 6.45) is 0.451. The summed E-state index contributed by atoms with van der Waals surface area (Å²) in [5.74, 6) is 0. The number of nitriles is 1. The second-order valence-corrected chi connectivity index (χ2v) is 6.18. The largest absolute Gasteiger partial charge is 0.396 e. The fourth-order valence-electron chi connectivity index (χ4n) is 2.24. The topological polar surface area (TPSA) is 76.4 Å². The first kappa shape index (κ1) is 19.1. The molecule has 130 valence electrons. The van der Waals surface area contributed by atoms with Crippen molar-refractivity contribution in [2.45, 2.75) is 13.0 Å². The van der Waals surface area contributed by atoms with Crippen molar-refractivity contribution in [2.75, 3.05) is 18.5 Å². The Morgan fingerprint density at radius 2 is 2.00 bits per heavy atom. The molecule has 2 amide bonds. The first-order valence-electron chi connectivity index (χ1n) is 7.64. The molecule has 25 heavy (non-hydrogen) atoms. The van der Waals surface area contributed by atoms with Gasteiger partial charge in [-0.3, -0.25) is 0 Å². The van der Waals surface area contributed by atoms with E-state index in [-0.39, 0.29) is 12.6 Å². The van der Waals surface area contributed by atoms with Gasteiger partial charge in [0.05, 0.1) is 21.7 Å². The third-order valence-corrected chi connectivity index (χ3v) is 4.21. The summed E-state index contributed by atoms with van der Waals surface area (Å²) in [7, 11) is 0. The van der Waals surface area contributed by atoms with Gasteiger partial charge < -0.3 is 15.3 Å². The zero-order valence-corrected chi connectivity index (χ0v) is 14.9. The van der Waals surface area contributed by atoms with Crippen LogP contribution in [0.25, 0.3) is 0 Å². The van der Waals surface area contributed by atoms with Crippen LogP contribution in [0.1, 0.15) is 17.5 Å². The number of hydrogen-bond acceptors (Lipinski definition) is 3. The average molecular weight is 378 g/mol. The monoisotopic (exact) mass is 377 g/mol. The van der Waals surface area contributed by atoms with Crippen molar-refractivity contribution in [3.8, 4) is 6.07 Å². The van der Waals surface area contributed by atoms with E-state index in [0.717, 1.165) is 5.56 Å². The Morgan fingerprint density at radius 1 is 1.20 bits per heavy atom. The summed E-state index contributed by atoms with van der Waals surface area (Å²) >= 11 is 11.9. The quantitative estimate of drug-likeness (QED) is 0.788. The molecule has 2 aromatic rings. The molecule has 0 aliphatic carbocycles. The molecule has 0 heterocycles. The second-order valence-electron chi connectivity index (χ2n) is 5.37. The number of halogens is 2. The van der Waals surface area contributed by atoms with Crippen molar-refractivity contribution in [3.05, 3.63) is 63.6 Å².